The fraction of sp³-hybridized carbons (Fsp3) is 0.647. The molecule has 1 aromatic rings. The third-order valence-electron chi connectivity index (χ3n) is 3.24. The molecule has 20 heavy (non-hydrogen) atoms. The molecule has 0 saturated heterocycles. The summed E-state index contributed by atoms with van der Waals surface area (Å²) in [4.78, 5) is 0. The van der Waals surface area contributed by atoms with Crippen LogP contribution in [0.25, 0.3) is 0 Å². The molecule has 3 nitrogen and oxygen atoms in total. The van der Waals surface area contributed by atoms with E-state index in [-0.39, 0.29) is 0 Å². The molecule has 0 saturated carbocycles. The molecular weight excluding hydrogens is 250 g/mol. The van der Waals surface area contributed by atoms with Crippen LogP contribution < -0.4 is 10.1 Å². The molecule has 0 fully saturated rings. The fourth-order valence-electron chi connectivity index (χ4n) is 2.18. The molecule has 0 spiro atoms. The van der Waals surface area contributed by atoms with Crippen LogP contribution in [0.15, 0.2) is 12.1 Å². The van der Waals surface area contributed by atoms with Crippen LogP contribution in [-0.2, 0) is 6.54 Å². The minimum atomic E-state index is -0.675. The normalized spacial score (nSPS) is 11.7. The Morgan fingerprint density at radius 2 is 1.80 bits per heavy atom. The Labute approximate surface area is 123 Å². The third kappa shape index (κ3) is 5.93. The summed E-state index contributed by atoms with van der Waals surface area (Å²) >= 11 is 0. The van der Waals surface area contributed by atoms with Gasteiger partial charge >= 0.3 is 0 Å². The number of hydrogen-bond donors (Lipinski definition) is 2. The number of benzene rings is 1. The standard InChI is InChI=1S/C17H29NO2/c1-6-8-18-12-15-10-13(2)16(14(3)11-15)20-9-7-17(4,5)19/h10-11,18-19H,6-9,12H2,1-5H3. The number of hydrogen-bond acceptors (Lipinski definition) is 3. The first kappa shape index (κ1) is 17.0. The molecule has 1 rings (SSSR count). The average Bonchev–Trinajstić information content (AvgIpc) is 2.32. The summed E-state index contributed by atoms with van der Waals surface area (Å²) in [6, 6.07) is 4.35. The van der Waals surface area contributed by atoms with Gasteiger partial charge in [0.2, 0.25) is 0 Å². The van der Waals surface area contributed by atoms with E-state index in [1.54, 1.807) is 13.8 Å². The molecule has 0 unspecified atom stereocenters. The average molecular weight is 279 g/mol. The number of aliphatic hydroxyl groups is 1. The van der Waals surface area contributed by atoms with Crippen molar-refractivity contribution in [2.45, 2.75) is 59.6 Å². The minimum Gasteiger partial charge on any atom is -0.493 e. The monoisotopic (exact) mass is 279 g/mol. The highest BCUT2D eigenvalue weighted by Gasteiger charge is 2.13. The van der Waals surface area contributed by atoms with Crippen molar-refractivity contribution >= 4 is 0 Å². The molecular formula is C17H29NO2. The Morgan fingerprint density at radius 3 is 2.30 bits per heavy atom. The van der Waals surface area contributed by atoms with Crippen LogP contribution in [0.1, 0.15) is 50.3 Å². The Balaban J connectivity index is 2.64. The first-order valence-electron chi connectivity index (χ1n) is 7.49. The topological polar surface area (TPSA) is 41.5 Å². The van der Waals surface area contributed by atoms with Gasteiger partial charge in [0.25, 0.3) is 0 Å². The molecule has 0 amide bonds. The molecule has 0 aliphatic rings. The molecule has 3 heteroatoms. The van der Waals surface area contributed by atoms with Gasteiger partial charge in [0.05, 0.1) is 12.2 Å². The second kappa shape index (κ2) is 7.65. The van der Waals surface area contributed by atoms with Gasteiger partial charge in [0, 0.05) is 13.0 Å². The van der Waals surface area contributed by atoms with Crippen molar-refractivity contribution in [1.29, 1.82) is 0 Å². The van der Waals surface area contributed by atoms with Gasteiger partial charge in [0.15, 0.2) is 0 Å². The van der Waals surface area contributed by atoms with Crippen LogP contribution in [-0.4, -0.2) is 23.9 Å². The maximum absolute atomic E-state index is 9.71. The predicted octanol–water partition coefficient (Wildman–Crippen LogP) is 3.34. The fourth-order valence-corrected chi connectivity index (χ4v) is 2.18. The minimum absolute atomic E-state index is 0.540. The second-order valence-electron chi connectivity index (χ2n) is 6.15. The summed E-state index contributed by atoms with van der Waals surface area (Å²) in [6.07, 6.45) is 1.78. The van der Waals surface area contributed by atoms with Gasteiger partial charge < -0.3 is 15.2 Å². The lowest BCUT2D eigenvalue weighted by Gasteiger charge is -2.19. The molecule has 0 atom stereocenters. The largest absolute Gasteiger partial charge is 0.493 e. The third-order valence-corrected chi connectivity index (χ3v) is 3.24. The van der Waals surface area contributed by atoms with Gasteiger partial charge in [0.1, 0.15) is 5.75 Å². The van der Waals surface area contributed by atoms with Crippen molar-refractivity contribution in [3.63, 3.8) is 0 Å². The van der Waals surface area contributed by atoms with Gasteiger partial charge in [-0.25, -0.2) is 0 Å². The van der Waals surface area contributed by atoms with Crippen LogP contribution in [0, 0.1) is 13.8 Å². The van der Waals surface area contributed by atoms with Crippen LogP contribution >= 0.6 is 0 Å². The Morgan fingerprint density at radius 1 is 1.20 bits per heavy atom. The molecule has 2 N–H and O–H groups in total. The van der Waals surface area contributed by atoms with Crippen molar-refractivity contribution in [2.24, 2.45) is 0 Å². The van der Waals surface area contributed by atoms with Gasteiger partial charge in [-0.2, -0.15) is 0 Å². The van der Waals surface area contributed by atoms with Crippen molar-refractivity contribution in [1.82, 2.24) is 5.32 Å². The number of ether oxygens (including phenoxy) is 1. The lowest BCUT2D eigenvalue weighted by molar-refractivity contribution is 0.0551. The zero-order chi connectivity index (χ0) is 15.2. The maximum atomic E-state index is 9.71. The summed E-state index contributed by atoms with van der Waals surface area (Å²) in [5.41, 5.74) is 2.94. The van der Waals surface area contributed by atoms with E-state index >= 15 is 0 Å². The number of aryl methyl sites for hydroxylation is 2. The molecule has 0 heterocycles. The summed E-state index contributed by atoms with van der Waals surface area (Å²) in [6.45, 7) is 12.4. The first-order valence-corrected chi connectivity index (χ1v) is 7.49. The van der Waals surface area contributed by atoms with Gasteiger partial charge in [-0.3, -0.25) is 0 Å². The SMILES string of the molecule is CCCNCc1cc(C)c(OCCC(C)(C)O)c(C)c1. The maximum Gasteiger partial charge on any atom is 0.125 e. The van der Waals surface area contributed by atoms with Crippen molar-refractivity contribution in [2.75, 3.05) is 13.2 Å². The van der Waals surface area contributed by atoms with E-state index in [2.05, 4.69) is 38.2 Å². The second-order valence-corrected chi connectivity index (χ2v) is 6.15. The van der Waals surface area contributed by atoms with Crippen molar-refractivity contribution in [3.05, 3.63) is 28.8 Å². The van der Waals surface area contributed by atoms with E-state index in [1.807, 2.05) is 0 Å². The first-order chi connectivity index (χ1) is 9.33. The van der Waals surface area contributed by atoms with E-state index < -0.39 is 5.60 Å². The van der Waals surface area contributed by atoms with Crippen molar-refractivity contribution < 1.29 is 9.84 Å². The van der Waals surface area contributed by atoms with Gasteiger partial charge in [-0.15, -0.1) is 0 Å². The summed E-state index contributed by atoms with van der Waals surface area (Å²) in [7, 11) is 0. The zero-order valence-electron chi connectivity index (χ0n) is 13.5. The summed E-state index contributed by atoms with van der Waals surface area (Å²) in [5.74, 6) is 0.952. The molecule has 1 aromatic carbocycles. The quantitative estimate of drug-likeness (QED) is 0.717. The van der Waals surface area contributed by atoms with E-state index in [1.165, 1.54) is 5.56 Å². The molecule has 0 aliphatic carbocycles. The summed E-state index contributed by atoms with van der Waals surface area (Å²) in [5, 5.41) is 13.1. The van der Waals surface area contributed by atoms with Gasteiger partial charge in [-0.1, -0.05) is 19.1 Å². The Hall–Kier alpha value is -1.06. The molecule has 0 aliphatic heterocycles. The van der Waals surface area contributed by atoms with Crippen LogP contribution in [0.5, 0.6) is 5.75 Å². The van der Waals surface area contributed by atoms with E-state index in [4.69, 9.17) is 4.74 Å². The van der Waals surface area contributed by atoms with E-state index in [0.717, 1.165) is 36.4 Å². The highest BCUT2D eigenvalue weighted by molar-refractivity contribution is 5.43. The summed E-state index contributed by atoms with van der Waals surface area (Å²) < 4.78 is 5.84. The highest BCUT2D eigenvalue weighted by Crippen LogP contribution is 2.25. The molecule has 0 aromatic heterocycles. The molecule has 0 bridgehead atoms. The highest BCUT2D eigenvalue weighted by atomic mass is 16.5. The van der Waals surface area contributed by atoms with Crippen molar-refractivity contribution in [3.8, 4) is 5.75 Å². The number of nitrogens with one attached hydrogen (secondary N) is 1. The van der Waals surface area contributed by atoms with E-state index in [9.17, 15) is 5.11 Å². The van der Waals surface area contributed by atoms with Crippen LogP contribution in [0.3, 0.4) is 0 Å². The zero-order valence-corrected chi connectivity index (χ0v) is 13.5. The van der Waals surface area contributed by atoms with Crippen LogP contribution in [0.2, 0.25) is 0 Å². The van der Waals surface area contributed by atoms with Crippen LogP contribution in [0.4, 0.5) is 0 Å². The Kier molecular flexibility index (Phi) is 6.50. The van der Waals surface area contributed by atoms with Gasteiger partial charge in [-0.05, 0) is 57.4 Å². The number of rotatable bonds is 8. The Bertz CT molecular complexity index is 398. The van der Waals surface area contributed by atoms with E-state index in [0.29, 0.717) is 13.0 Å². The molecule has 0 radical (unpaired) electrons. The lowest BCUT2D eigenvalue weighted by Crippen LogP contribution is -2.22. The predicted molar refractivity (Wildman–Crippen MR) is 84.3 cm³/mol. The smallest absolute Gasteiger partial charge is 0.125 e. The lowest BCUT2D eigenvalue weighted by atomic mass is 10.0. The molecule has 114 valence electrons.